The van der Waals surface area contributed by atoms with E-state index >= 15 is 0 Å². The van der Waals surface area contributed by atoms with Gasteiger partial charge in [0.1, 0.15) is 0 Å². The molecule has 0 radical (unpaired) electrons. The van der Waals surface area contributed by atoms with Crippen molar-refractivity contribution in [2.24, 2.45) is 0 Å². The van der Waals surface area contributed by atoms with E-state index in [0.717, 1.165) is 0 Å². The van der Waals surface area contributed by atoms with E-state index in [0.29, 0.717) is 18.7 Å². The number of halogens is 1. The topological polar surface area (TPSA) is 78.5 Å². The molecule has 0 aliphatic carbocycles. The van der Waals surface area contributed by atoms with Gasteiger partial charge in [-0.25, -0.2) is 4.98 Å². The fourth-order valence-electron chi connectivity index (χ4n) is 1.21. The summed E-state index contributed by atoms with van der Waals surface area (Å²) in [7, 11) is 0. The number of hydrogen-bond donors (Lipinski definition) is 3. The summed E-state index contributed by atoms with van der Waals surface area (Å²) in [6.07, 6.45) is 2.20. The van der Waals surface area contributed by atoms with E-state index in [1.807, 2.05) is 0 Å². The fraction of sp³-hybridized carbons (Fsp3) is 0.667. The highest BCUT2D eigenvalue weighted by molar-refractivity contribution is 6.18. The second-order valence-electron chi connectivity index (χ2n) is 3.41. The van der Waals surface area contributed by atoms with Gasteiger partial charge in [0.2, 0.25) is 0 Å². The summed E-state index contributed by atoms with van der Waals surface area (Å²) in [5, 5.41) is 27.1. The van der Waals surface area contributed by atoms with Crippen LogP contribution in [0.1, 0.15) is 5.69 Å². The molecule has 1 aromatic heterocycles. The molecule has 0 fully saturated rings. The molecule has 1 rings (SSSR count). The van der Waals surface area contributed by atoms with Gasteiger partial charge in [0, 0.05) is 12.6 Å². The Bertz CT molecular complexity index is 266. The lowest BCUT2D eigenvalue weighted by atomic mass is 10.2. The summed E-state index contributed by atoms with van der Waals surface area (Å²) < 4.78 is 1.70. The first-order valence-corrected chi connectivity index (χ1v) is 5.22. The molecule has 6 heteroatoms. The predicted octanol–water partition coefficient (Wildman–Crippen LogP) is -0.622. The third-order valence-corrected chi connectivity index (χ3v) is 2.30. The van der Waals surface area contributed by atoms with Crippen molar-refractivity contribution in [3.05, 3.63) is 18.2 Å². The van der Waals surface area contributed by atoms with Crippen molar-refractivity contribution >= 4 is 11.6 Å². The zero-order valence-corrected chi connectivity index (χ0v) is 9.01. The minimum Gasteiger partial charge on any atom is -0.394 e. The highest BCUT2D eigenvalue weighted by Gasteiger charge is 2.08. The van der Waals surface area contributed by atoms with E-state index in [-0.39, 0.29) is 12.5 Å². The number of imidazole rings is 1. The molecular formula is C9H15ClN2O3. The molecule has 2 atom stereocenters. The quantitative estimate of drug-likeness (QED) is 0.574. The number of hydrogen-bond acceptors (Lipinski definition) is 4. The average molecular weight is 235 g/mol. The SMILES string of the molecule is OCC(O)Cc1cn(CC(O)CCl)cn1. The molecule has 0 amide bonds. The highest BCUT2D eigenvalue weighted by atomic mass is 35.5. The molecule has 5 nitrogen and oxygen atoms in total. The van der Waals surface area contributed by atoms with Gasteiger partial charge in [-0.1, -0.05) is 0 Å². The van der Waals surface area contributed by atoms with Crippen molar-refractivity contribution in [2.75, 3.05) is 12.5 Å². The zero-order valence-electron chi connectivity index (χ0n) is 8.25. The Morgan fingerprint density at radius 1 is 1.40 bits per heavy atom. The van der Waals surface area contributed by atoms with E-state index in [2.05, 4.69) is 4.98 Å². The minimum absolute atomic E-state index is 0.173. The van der Waals surface area contributed by atoms with Gasteiger partial charge >= 0.3 is 0 Å². The predicted molar refractivity (Wildman–Crippen MR) is 55.8 cm³/mol. The number of aliphatic hydroxyl groups excluding tert-OH is 3. The van der Waals surface area contributed by atoms with Crippen LogP contribution in [-0.4, -0.2) is 49.6 Å². The molecule has 0 spiro atoms. The third-order valence-electron chi connectivity index (χ3n) is 1.94. The largest absolute Gasteiger partial charge is 0.394 e. The number of aliphatic hydroxyl groups is 3. The van der Waals surface area contributed by atoms with Crippen molar-refractivity contribution in [2.45, 2.75) is 25.2 Å². The van der Waals surface area contributed by atoms with Crippen LogP contribution in [0.3, 0.4) is 0 Å². The summed E-state index contributed by atoms with van der Waals surface area (Å²) in [5.74, 6) is 0.173. The van der Waals surface area contributed by atoms with Crippen LogP contribution < -0.4 is 0 Å². The molecule has 0 saturated heterocycles. The molecule has 3 N–H and O–H groups in total. The molecule has 2 unspecified atom stereocenters. The molecule has 0 bridgehead atoms. The van der Waals surface area contributed by atoms with Crippen LogP contribution in [0.4, 0.5) is 0 Å². The molecule has 0 aliphatic heterocycles. The molecule has 0 saturated carbocycles. The summed E-state index contributed by atoms with van der Waals surface area (Å²) >= 11 is 5.46. The number of rotatable bonds is 6. The fourth-order valence-corrected chi connectivity index (χ4v) is 1.31. The van der Waals surface area contributed by atoms with Crippen LogP contribution >= 0.6 is 11.6 Å². The van der Waals surface area contributed by atoms with Crippen molar-refractivity contribution in [1.29, 1.82) is 0 Å². The second-order valence-corrected chi connectivity index (χ2v) is 3.72. The smallest absolute Gasteiger partial charge is 0.0950 e. The summed E-state index contributed by atoms with van der Waals surface area (Å²) in [6, 6.07) is 0. The van der Waals surface area contributed by atoms with Gasteiger partial charge in [-0.3, -0.25) is 0 Å². The Hall–Kier alpha value is -0.620. The van der Waals surface area contributed by atoms with Crippen LogP contribution in [0.25, 0.3) is 0 Å². The summed E-state index contributed by atoms with van der Waals surface area (Å²) in [4.78, 5) is 4.03. The molecule has 1 aromatic rings. The van der Waals surface area contributed by atoms with Crippen LogP contribution in [0, 0.1) is 0 Å². The van der Waals surface area contributed by atoms with Crippen molar-refractivity contribution in [3.8, 4) is 0 Å². The minimum atomic E-state index is -0.786. The van der Waals surface area contributed by atoms with E-state index in [1.165, 1.54) is 0 Å². The monoisotopic (exact) mass is 234 g/mol. The lowest BCUT2D eigenvalue weighted by Crippen LogP contribution is -2.17. The lowest BCUT2D eigenvalue weighted by molar-refractivity contribution is 0.0948. The van der Waals surface area contributed by atoms with Crippen molar-refractivity contribution in [3.63, 3.8) is 0 Å². The number of alkyl halides is 1. The van der Waals surface area contributed by atoms with Gasteiger partial charge in [0.05, 0.1) is 43.3 Å². The highest BCUT2D eigenvalue weighted by Crippen LogP contribution is 2.02. The normalized spacial score (nSPS) is 15.2. The Morgan fingerprint density at radius 2 is 2.13 bits per heavy atom. The van der Waals surface area contributed by atoms with Crippen LogP contribution in [0.5, 0.6) is 0 Å². The molecule has 0 aromatic carbocycles. The van der Waals surface area contributed by atoms with E-state index in [1.54, 1.807) is 17.1 Å². The van der Waals surface area contributed by atoms with Gasteiger partial charge in [-0.05, 0) is 0 Å². The Labute approximate surface area is 92.9 Å². The van der Waals surface area contributed by atoms with Crippen LogP contribution in [0.15, 0.2) is 12.5 Å². The first-order chi connectivity index (χ1) is 7.15. The standard InChI is InChI=1S/C9H15ClN2O3/c10-2-9(15)4-12-3-7(11-6-12)1-8(14)5-13/h3,6,8-9,13-15H,1-2,4-5H2. The van der Waals surface area contributed by atoms with Crippen molar-refractivity contribution in [1.82, 2.24) is 9.55 Å². The zero-order chi connectivity index (χ0) is 11.3. The van der Waals surface area contributed by atoms with E-state index in [4.69, 9.17) is 16.7 Å². The van der Waals surface area contributed by atoms with E-state index in [9.17, 15) is 10.2 Å². The first-order valence-electron chi connectivity index (χ1n) is 4.69. The van der Waals surface area contributed by atoms with E-state index < -0.39 is 12.2 Å². The summed E-state index contributed by atoms with van der Waals surface area (Å²) in [6.45, 7) is 0.100. The molecular weight excluding hydrogens is 220 g/mol. The lowest BCUT2D eigenvalue weighted by Gasteiger charge is -2.06. The summed E-state index contributed by atoms with van der Waals surface area (Å²) in [5.41, 5.74) is 0.679. The van der Waals surface area contributed by atoms with Crippen LogP contribution in [0.2, 0.25) is 0 Å². The van der Waals surface area contributed by atoms with Gasteiger partial charge in [0.15, 0.2) is 0 Å². The molecule has 86 valence electrons. The Morgan fingerprint density at radius 3 is 2.73 bits per heavy atom. The second kappa shape index (κ2) is 6.07. The first kappa shape index (κ1) is 12.4. The maximum Gasteiger partial charge on any atom is 0.0950 e. The van der Waals surface area contributed by atoms with Gasteiger partial charge in [0.25, 0.3) is 0 Å². The van der Waals surface area contributed by atoms with Crippen molar-refractivity contribution < 1.29 is 15.3 Å². The number of aromatic nitrogens is 2. The van der Waals surface area contributed by atoms with Crippen LogP contribution in [-0.2, 0) is 13.0 Å². The molecule has 1 heterocycles. The van der Waals surface area contributed by atoms with Gasteiger partial charge in [-0.15, -0.1) is 11.6 Å². The molecule has 0 aliphatic rings. The van der Waals surface area contributed by atoms with Gasteiger partial charge in [-0.2, -0.15) is 0 Å². The third kappa shape index (κ3) is 4.17. The Kier molecular flexibility index (Phi) is 5.04. The molecule has 15 heavy (non-hydrogen) atoms. The van der Waals surface area contributed by atoms with Gasteiger partial charge < -0.3 is 19.9 Å². The number of nitrogens with zero attached hydrogens (tertiary/aromatic N) is 2. The maximum absolute atomic E-state index is 9.28. The Balaban J connectivity index is 2.49. The average Bonchev–Trinajstić information content (AvgIpc) is 2.65. The maximum atomic E-state index is 9.28.